The number of aromatic nitrogens is 4. The molecule has 1 aromatic carbocycles. The Kier molecular flexibility index (Phi) is 2.53. The molecular weight excluding hydrogens is 278 g/mol. The van der Waals surface area contributed by atoms with Crippen molar-refractivity contribution in [3.05, 3.63) is 54.0 Å². The summed E-state index contributed by atoms with van der Waals surface area (Å²) >= 11 is 0. The van der Waals surface area contributed by atoms with Crippen molar-refractivity contribution in [2.75, 3.05) is 0 Å². The van der Waals surface area contributed by atoms with Crippen LogP contribution in [-0.4, -0.2) is 25.7 Å². The van der Waals surface area contributed by atoms with Crippen molar-refractivity contribution in [2.45, 2.75) is 6.92 Å². The number of benzene rings is 1. The standard InChI is InChI=1S/C16H13N5O/c1-9-4-5-13-11(7-19-20-13)14(9)21-8-12(15(17)22)10-3-2-6-18-16(10)21/h2-8H,1H3,(H2,17,22)(H,19,20). The number of pyridine rings is 1. The summed E-state index contributed by atoms with van der Waals surface area (Å²) in [6, 6.07) is 7.64. The number of H-pyrrole nitrogens is 1. The second-order valence-electron chi connectivity index (χ2n) is 5.21. The van der Waals surface area contributed by atoms with Gasteiger partial charge in [0.1, 0.15) is 5.65 Å². The first-order chi connectivity index (χ1) is 10.7. The lowest BCUT2D eigenvalue weighted by Crippen LogP contribution is -2.10. The molecule has 0 saturated carbocycles. The third kappa shape index (κ3) is 1.64. The van der Waals surface area contributed by atoms with Gasteiger partial charge in [0.25, 0.3) is 5.91 Å². The molecule has 6 nitrogen and oxygen atoms in total. The highest BCUT2D eigenvalue weighted by atomic mass is 16.1. The van der Waals surface area contributed by atoms with Gasteiger partial charge in [-0.15, -0.1) is 0 Å². The summed E-state index contributed by atoms with van der Waals surface area (Å²) in [5.41, 5.74) is 9.61. The number of amides is 1. The molecule has 0 aliphatic carbocycles. The molecular formula is C16H13N5O. The van der Waals surface area contributed by atoms with Gasteiger partial charge in [0.2, 0.25) is 0 Å². The fourth-order valence-corrected chi connectivity index (χ4v) is 2.86. The number of nitrogens with zero attached hydrogens (tertiary/aromatic N) is 3. The lowest BCUT2D eigenvalue weighted by atomic mass is 10.1. The van der Waals surface area contributed by atoms with Gasteiger partial charge in [-0.2, -0.15) is 5.10 Å². The molecule has 4 aromatic rings. The number of fused-ring (bicyclic) bond motifs is 2. The smallest absolute Gasteiger partial charge is 0.250 e. The van der Waals surface area contributed by atoms with Crippen molar-refractivity contribution in [3.8, 4) is 5.69 Å². The van der Waals surface area contributed by atoms with E-state index in [4.69, 9.17) is 5.73 Å². The van der Waals surface area contributed by atoms with E-state index in [0.717, 1.165) is 27.5 Å². The molecule has 0 aliphatic rings. The lowest BCUT2D eigenvalue weighted by Gasteiger charge is -2.09. The highest BCUT2D eigenvalue weighted by Crippen LogP contribution is 2.29. The van der Waals surface area contributed by atoms with Gasteiger partial charge in [-0.25, -0.2) is 4.98 Å². The van der Waals surface area contributed by atoms with E-state index >= 15 is 0 Å². The number of hydrogen-bond donors (Lipinski definition) is 2. The highest BCUT2D eigenvalue weighted by Gasteiger charge is 2.17. The van der Waals surface area contributed by atoms with E-state index < -0.39 is 5.91 Å². The van der Waals surface area contributed by atoms with Crippen LogP contribution in [0.25, 0.3) is 27.6 Å². The van der Waals surface area contributed by atoms with Gasteiger partial charge < -0.3 is 5.73 Å². The van der Waals surface area contributed by atoms with Gasteiger partial charge in [0.05, 0.1) is 23.0 Å². The van der Waals surface area contributed by atoms with Gasteiger partial charge in [0, 0.05) is 23.2 Å². The van der Waals surface area contributed by atoms with Gasteiger partial charge in [-0.1, -0.05) is 6.07 Å². The molecule has 0 saturated heterocycles. The molecule has 0 fully saturated rings. The predicted molar refractivity (Wildman–Crippen MR) is 84.0 cm³/mol. The third-order valence-corrected chi connectivity index (χ3v) is 3.87. The number of hydrogen-bond acceptors (Lipinski definition) is 3. The molecule has 108 valence electrons. The number of carbonyl (C=O) groups excluding carboxylic acids is 1. The predicted octanol–water partition coefficient (Wildman–Crippen LogP) is 2.31. The molecule has 0 spiro atoms. The van der Waals surface area contributed by atoms with E-state index in [1.165, 1.54) is 0 Å². The van der Waals surface area contributed by atoms with Crippen molar-refractivity contribution >= 4 is 27.8 Å². The van der Waals surface area contributed by atoms with Crippen LogP contribution in [0.15, 0.2) is 42.9 Å². The molecule has 0 bridgehead atoms. The number of primary amides is 1. The van der Waals surface area contributed by atoms with E-state index in [-0.39, 0.29) is 0 Å². The maximum absolute atomic E-state index is 11.7. The summed E-state index contributed by atoms with van der Waals surface area (Å²) in [5.74, 6) is -0.464. The molecule has 3 aromatic heterocycles. The summed E-state index contributed by atoms with van der Waals surface area (Å²) in [6.07, 6.45) is 5.22. The number of nitrogens with two attached hydrogens (primary N) is 1. The van der Waals surface area contributed by atoms with Crippen LogP contribution < -0.4 is 5.73 Å². The molecule has 0 radical (unpaired) electrons. The molecule has 3 heterocycles. The molecule has 4 rings (SSSR count). The quantitative estimate of drug-likeness (QED) is 0.594. The zero-order valence-electron chi connectivity index (χ0n) is 11.9. The summed E-state index contributed by atoms with van der Waals surface area (Å²) < 4.78 is 1.91. The van der Waals surface area contributed by atoms with Crippen molar-refractivity contribution in [3.63, 3.8) is 0 Å². The Bertz CT molecular complexity index is 1030. The summed E-state index contributed by atoms with van der Waals surface area (Å²) in [6.45, 7) is 2.01. The van der Waals surface area contributed by atoms with Crippen LogP contribution in [0.1, 0.15) is 15.9 Å². The fraction of sp³-hybridized carbons (Fsp3) is 0.0625. The monoisotopic (exact) mass is 291 g/mol. The first kappa shape index (κ1) is 12.6. The van der Waals surface area contributed by atoms with Crippen LogP contribution >= 0.6 is 0 Å². The Balaban J connectivity index is 2.15. The van der Waals surface area contributed by atoms with Crippen molar-refractivity contribution < 1.29 is 4.79 Å². The van der Waals surface area contributed by atoms with E-state index in [0.29, 0.717) is 11.2 Å². The molecule has 3 N–H and O–H groups in total. The van der Waals surface area contributed by atoms with Crippen LogP contribution in [0, 0.1) is 6.92 Å². The van der Waals surface area contributed by atoms with Gasteiger partial charge in [0.15, 0.2) is 0 Å². The normalized spacial score (nSPS) is 11.3. The molecule has 1 amide bonds. The van der Waals surface area contributed by atoms with Crippen molar-refractivity contribution in [1.82, 2.24) is 19.7 Å². The Morgan fingerprint density at radius 3 is 2.95 bits per heavy atom. The SMILES string of the molecule is Cc1ccc2[nH]ncc2c1-n1cc(C(N)=O)c2cccnc21. The number of carbonyl (C=O) groups is 1. The molecule has 6 heteroatoms. The Labute approximate surface area is 125 Å². The van der Waals surface area contributed by atoms with E-state index in [2.05, 4.69) is 15.2 Å². The van der Waals surface area contributed by atoms with Crippen LogP contribution in [0.2, 0.25) is 0 Å². The minimum absolute atomic E-state index is 0.461. The molecule has 0 unspecified atom stereocenters. The van der Waals surface area contributed by atoms with Gasteiger partial charge >= 0.3 is 0 Å². The summed E-state index contributed by atoms with van der Waals surface area (Å²) in [7, 11) is 0. The van der Waals surface area contributed by atoms with Crippen molar-refractivity contribution in [1.29, 1.82) is 0 Å². The molecule has 0 aliphatic heterocycles. The number of aromatic amines is 1. The van der Waals surface area contributed by atoms with Gasteiger partial charge in [-0.3, -0.25) is 14.5 Å². The lowest BCUT2D eigenvalue weighted by molar-refractivity contribution is 0.100. The minimum Gasteiger partial charge on any atom is -0.366 e. The summed E-state index contributed by atoms with van der Waals surface area (Å²) in [5, 5.41) is 8.78. The summed E-state index contributed by atoms with van der Waals surface area (Å²) in [4.78, 5) is 16.1. The van der Waals surface area contributed by atoms with Crippen molar-refractivity contribution in [2.24, 2.45) is 5.73 Å². The zero-order valence-corrected chi connectivity index (χ0v) is 11.9. The molecule has 22 heavy (non-hydrogen) atoms. The van der Waals surface area contributed by atoms with Crippen LogP contribution in [0.3, 0.4) is 0 Å². The first-order valence-corrected chi connectivity index (χ1v) is 6.86. The number of nitrogens with one attached hydrogen (secondary N) is 1. The zero-order chi connectivity index (χ0) is 15.3. The largest absolute Gasteiger partial charge is 0.366 e. The van der Waals surface area contributed by atoms with E-state index in [1.54, 1.807) is 24.7 Å². The Morgan fingerprint density at radius 2 is 2.14 bits per heavy atom. The average molecular weight is 291 g/mol. The number of aryl methyl sites for hydroxylation is 1. The third-order valence-electron chi connectivity index (χ3n) is 3.87. The van der Waals surface area contributed by atoms with Crippen LogP contribution in [0.5, 0.6) is 0 Å². The number of rotatable bonds is 2. The Morgan fingerprint density at radius 1 is 1.27 bits per heavy atom. The maximum Gasteiger partial charge on any atom is 0.250 e. The Hall–Kier alpha value is -3.15. The second kappa shape index (κ2) is 4.42. The second-order valence-corrected chi connectivity index (χ2v) is 5.21. The highest BCUT2D eigenvalue weighted by molar-refractivity contribution is 6.06. The van der Waals surface area contributed by atoms with Crippen LogP contribution in [0.4, 0.5) is 0 Å². The maximum atomic E-state index is 11.7. The topological polar surface area (TPSA) is 89.6 Å². The fourth-order valence-electron chi connectivity index (χ4n) is 2.86. The average Bonchev–Trinajstić information content (AvgIpc) is 3.11. The van der Waals surface area contributed by atoms with Gasteiger partial charge in [-0.05, 0) is 30.7 Å². The first-order valence-electron chi connectivity index (χ1n) is 6.86. The minimum atomic E-state index is -0.464. The van der Waals surface area contributed by atoms with E-state index in [9.17, 15) is 4.79 Å². The van der Waals surface area contributed by atoms with Crippen LogP contribution in [-0.2, 0) is 0 Å². The van der Waals surface area contributed by atoms with E-state index in [1.807, 2.05) is 29.7 Å². The molecule has 0 atom stereocenters.